The first-order valence-electron chi connectivity index (χ1n) is 7.44. The van der Waals surface area contributed by atoms with Gasteiger partial charge in [0, 0.05) is 24.5 Å². The second kappa shape index (κ2) is 7.03. The van der Waals surface area contributed by atoms with E-state index in [0.717, 1.165) is 18.2 Å². The molecule has 3 aromatic rings. The molecule has 0 spiro atoms. The molecule has 1 heterocycles. The van der Waals surface area contributed by atoms with Crippen LogP contribution < -0.4 is 5.32 Å². The van der Waals surface area contributed by atoms with Crippen molar-refractivity contribution >= 4 is 17.5 Å². The highest BCUT2D eigenvalue weighted by atomic mass is 35.5. The molecule has 3 rings (SSSR count). The Labute approximate surface area is 148 Å². The Morgan fingerprint density at radius 1 is 1.20 bits per heavy atom. The molecule has 0 saturated carbocycles. The average molecular weight is 362 g/mol. The van der Waals surface area contributed by atoms with E-state index >= 15 is 0 Å². The highest BCUT2D eigenvalue weighted by molar-refractivity contribution is 6.30. The van der Waals surface area contributed by atoms with E-state index in [0.29, 0.717) is 16.4 Å². The number of carbonyl (C=O) groups excluding carboxylic acids is 1. The van der Waals surface area contributed by atoms with Crippen LogP contribution in [0.25, 0.3) is 0 Å². The van der Waals surface area contributed by atoms with Gasteiger partial charge in [-0.2, -0.15) is 0 Å². The third kappa shape index (κ3) is 3.69. The zero-order chi connectivity index (χ0) is 18.0. The number of benzene rings is 2. The van der Waals surface area contributed by atoms with Gasteiger partial charge in [-0.15, -0.1) is 0 Å². The number of aromatic nitrogens is 2. The van der Waals surface area contributed by atoms with Crippen molar-refractivity contribution < 1.29 is 13.6 Å². The zero-order valence-electron chi connectivity index (χ0n) is 13.2. The highest BCUT2D eigenvalue weighted by Crippen LogP contribution is 2.23. The van der Waals surface area contributed by atoms with E-state index in [4.69, 9.17) is 11.6 Å². The third-order valence-electron chi connectivity index (χ3n) is 3.77. The van der Waals surface area contributed by atoms with E-state index in [1.807, 2.05) is 0 Å². The minimum absolute atomic E-state index is 0.367. The molecule has 1 atom stereocenters. The number of rotatable bonds is 4. The van der Waals surface area contributed by atoms with Crippen LogP contribution in [-0.2, 0) is 7.05 Å². The predicted octanol–water partition coefficient (Wildman–Crippen LogP) is 3.87. The maximum Gasteiger partial charge on any atom is 0.255 e. The van der Waals surface area contributed by atoms with Crippen LogP contribution >= 0.6 is 11.6 Å². The normalized spacial score (nSPS) is 12.0. The van der Waals surface area contributed by atoms with Crippen LogP contribution in [-0.4, -0.2) is 15.5 Å². The van der Waals surface area contributed by atoms with Crippen LogP contribution in [0.1, 0.15) is 27.8 Å². The SMILES string of the molecule is Cn1ccnc1C(NC(=O)c1cc(F)ccc1F)c1ccc(Cl)cc1. The fourth-order valence-electron chi connectivity index (χ4n) is 2.49. The summed E-state index contributed by atoms with van der Waals surface area (Å²) in [5, 5.41) is 3.25. The maximum atomic E-state index is 13.9. The van der Waals surface area contributed by atoms with Crippen molar-refractivity contribution in [3.63, 3.8) is 0 Å². The Morgan fingerprint density at radius 3 is 2.56 bits per heavy atom. The Kier molecular flexibility index (Phi) is 4.81. The Morgan fingerprint density at radius 2 is 1.92 bits per heavy atom. The summed E-state index contributed by atoms with van der Waals surface area (Å²) in [6, 6.07) is 8.94. The van der Waals surface area contributed by atoms with Gasteiger partial charge in [-0.25, -0.2) is 13.8 Å². The molecule has 0 bridgehead atoms. The zero-order valence-corrected chi connectivity index (χ0v) is 14.0. The average Bonchev–Trinajstić information content (AvgIpc) is 3.01. The van der Waals surface area contributed by atoms with Crippen LogP contribution in [0.5, 0.6) is 0 Å². The van der Waals surface area contributed by atoms with Gasteiger partial charge in [-0.05, 0) is 35.9 Å². The number of nitrogens with one attached hydrogen (secondary N) is 1. The number of carbonyl (C=O) groups is 1. The molecule has 1 aromatic heterocycles. The fourth-order valence-corrected chi connectivity index (χ4v) is 2.61. The van der Waals surface area contributed by atoms with Crippen LogP contribution in [0.4, 0.5) is 8.78 Å². The van der Waals surface area contributed by atoms with E-state index in [2.05, 4.69) is 10.3 Å². The van der Waals surface area contributed by atoms with Gasteiger partial charge in [-0.3, -0.25) is 4.79 Å². The molecule has 0 aliphatic rings. The minimum atomic E-state index is -0.798. The maximum absolute atomic E-state index is 13.9. The molecule has 25 heavy (non-hydrogen) atoms. The summed E-state index contributed by atoms with van der Waals surface area (Å²) in [5.74, 6) is -1.67. The molecule has 7 heteroatoms. The summed E-state index contributed by atoms with van der Waals surface area (Å²) in [6.07, 6.45) is 3.32. The van der Waals surface area contributed by atoms with E-state index in [1.165, 1.54) is 0 Å². The van der Waals surface area contributed by atoms with Gasteiger partial charge in [0.05, 0.1) is 5.56 Å². The van der Waals surface area contributed by atoms with Gasteiger partial charge < -0.3 is 9.88 Å². The molecule has 1 N–H and O–H groups in total. The molecule has 0 radical (unpaired) electrons. The van der Waals surface area contributed by atoms with E-state index in [1.54, 1.807) is 48.3 Å². The molecule has 1 unspecified atom stereocenters. The molecule has 0 fully saturated rings. The van der Waals surface area contributed by atoms with Crippen LogP contribution in [0.3, 0.4) is 0 Å². The molecule has 0 saturated heterocycles. The van der Waals surface area contributed by atoms with Crippen molar-refractivity contribution in [2.75, 3.05) is 0 Å². The van der Waals surface area contributed by atoms with E-state index in [-0.39, 0.29) is 5.56 Å². The molecular weight excluding hydrogens is 348 g/mol. The monoisotopic (exact) mass is 361 g/mol. The molecule has 0 aliphatic heterocycles. The summed E-state index contributed by atoms with van der Waals surface area (Å²) >= 11 is 5.91. The number of halogens is 3. The van der Waals surface area contributed by atoms with Gasteiger partial charge in [0.2, 0.25) is 0 Å². The Bertz CT molecular complexity index is 909. The van der Waals surface area contributed by atoms with Crippen molar-refractivity contribution in [3.8, 4) is 0 Å². The van der Waals surface area contributed by atoms with Crippen LogP contribution in [0.2, 0.25) is 5.02 Å². The fraction of sp³-hybridized carbons (Fsp3) is 0.111. The number of amides is 1. The second-order valence-electron chi connectivity index (χ2n) is 5.48. The minimum Gasteiger partial charge on any atom is -0.338 e. The largest absolute Gasteiger partial charge is 0.338 e. The molecule has 2 aromatic carbocycles. The topological polar surface area (TPSA) is 46.9 Å². The number of aryl methyl sites for hydroxylation is 1. The van der Waals surface area contributed by atoms with Gasteiger partial charge in [0.1, 0.15) is 23.5 Å². The summed E-state index contributed by atoms with van der Waals surface area (Å²) < 4.78 is 29.0. The second-order valence-corrected chi connectivity index (χ2v) is 5.91. The van der Waals surface area contributed by atoms with Crippen molar-refractivity contribution in [3.05, 3.63) is 88.5 Å². The van der Waals surface area contributed by atoms with Gasteiger partial charge in [0.15, 0.2) is 0 Å². The standard InChI is InChI=1S/C18H14ClF2N3O/c1-24-9-8-22-17(24)16(11-2-4-12(19)5-3-11)23-18(25)14-10-13(20)6-7-15(14)21/h2-10,16H,1H3,(H,23,25). The third-order valence-corrected chi connectivity index (χ3v) is 4.02. The lowest BCUT2D eigenvalue weighted by atomic mass is 10.1. The summed E-state index contributed by atoms with van der Waals surface area (Å²) in [5.41, 5.74) is 0.344. The first kappa shape index (κ1) is 17.1. The number of nitrogens with zero attached hydrogens (tertiary/aromatic N) is 2. The molecular formula is C18H14ClF2N3O. The molecule has 128 valence electrons. The molecule has 4 nitrogen and oxygen atoms in total. The van der Waals surface area contributed by atoms with Gasteiger partial charge in [0.25, 0.3) is 5.91 Å². The van der Waals surface area contributed by atoms with Crippen molar-refractivity contribution in [1.82, 2.24) is 14.9 Å². The van der Waals surface area contributed by atoms with Crippen molar-refractivity contribution in [1.29, 1.82) is 0 Å². The van der Waals surface area contributed by atoms with Gasteiger partial charge >= 0.3 is 0 Å². The predicted molar refractivity (Wildman–Crippen MR) is 90.3 cm³/mol. The number of hydrogen-bond acceptors (Lipinski definition) is 2. The molecule has 0 aliphatic carbocycles. The lowest BCUT2D eigenvalue weighted by Crippen LogP contribution is -2.31. The first-order valence-corrected chi connectivity index (χ1v) is 7.82. The number of imidazole rings is 1. The lowest BCUT2D eigenvalue weighted by Gasteiger charge is -2.19. The smallest absolute Gasteiger partial charge is 0.255 e. The van der Waals surface area contributed by atoms with Crippen molar-refractivity contribution in [2.45, 2.75) is 6.04 Å². The lowest BCUT2D eigenvalue weighted by molar-refractivity contribution is 0.0936. The summed E-state index contributed by atoms with van der Waals surface area (Å²) in [7, 11) is 1.78. The first-order chi connectivity index (χ1) is 12.0. The summed E-state index contributed by atoms with van der Waals surface area (Å²) in [6.45, 7) is 0. The quantitative estimate of drug-likeness (QED) is 0.766. The highest BCUT2D eigenvalue weighted by Gasteiger charge is 2.23. The van der Waals surface area contributed by atoms with E-state index in [9.17, 15) is 13.6 Å². The summed E-state index contributed by atoms with van der Waals surface area (Å²) in [4.78, 5) is 16.7. The van der Waals surface area contributed by atoms with E-state index < -0.39 is 23.6 Å². The number of hydrogen-bond donors (Lipinski definition) is 1. The van der Waals surface area contributed by atoms with Crippen LogP contribution in [0.15, 0.2) is 54.9 Å². The Balaban J connectivity index is 1.98. The van der Waals surface area contributed by atoms with Crippen LogP contribution in [0, 0.1) is 11.6 Å². The van der Waals surface area contributed by atoms with Crippen molar-refractivity contribution in [2.24, 2.45) is 7.05 Å². The molecule has 1 amide bonds. The van der Waals surface area contributed by atoms with Gasteiger partial charge in [-0.1, -0.05) is 23.7 Å². The Hall–Kier alpha value is -2.73.